The Labute approximate surface area is 156 Å². The molecule has 1 aromatic carbocycles. The number of carbonyl (C=O) groups excluding carboxylic acids is 1. The van der Waals surface area contributed by atoms with Crippen LogP contribution in [-0.4, -0.2) is 62.2 Å². The number of anilines is 1. The van der Waals surface area contributed by atoms with E-state index in [1.807, 2.05) is 0 Å². The van der Waals surface area contributed by atoms with Gasteiger partial charge in [-0.1, -0.05) is 12.1 Å². The van der Waals surface area contributed by atoms with Gasteiger partial charge in [-0.3, -0.25) is 9.69 Å². The molecule has 4 N–H and O–H groups in total. The third-order valence-corrected chi connectivity index (χ3v) is 4.79. The molecule has 3 rings (SSSR count). The van der Waals surface area contributed by atoms with Crippen LogP contribution in [0.2, 0.25) is 0 Å². The van der Waals surface area contributed by atoms with Gasteiger partial charge in [0.2, 0.25) is 0 Å². The Morgan fingerprint density at radius 1 is 1.11 bits per heavy atom. The summed E-state index contributed by atoms with van der Waals surface area (Å²) in [6, 6.07) is 7.97. The van der Waals surface area contributed by atoms with Crippen LogP contribution in [0.3, 0.4) is 0 Å². The van der Waals surface area contributed by atoms with Crippen LogP contribution >= 0.6 is 0 Å². The first-order chi connectivity index (χ1) is 12.8. The van der Waals surface area contributed by atoms with Crippen molar-refractivity contribution in [3.63, 3.8) is 0 Å². The highest BCUT2D eigenvalue weighted by atomic mass is 16.4. The summed E-state index contributed by atoms with van der Waals surface area (Å²) in [7, 11) is 0. The van der Waals surface area contributed by atoms with Crippen molar-refractivity contribution in [3.8, 4) is 16.9 Å². The number of aromatic hydroxyl groups is 1. The second-order valence-corrected chi connectivity index (χ2v) is 6.80. The molecule has 0 spiro atoms. The quantitative estimate of drug-likeness (QED) is 0.746. The Kier molecular flexibility index (Phi) is 4.89. The normalized spacial score (nSPS) is 19.8. The Balaban J connectivity index is 1.76. The van der Waals surface area contributed by atoms with Gasteiger partial charge in [-0.2, -0.15) is 0 Å². The van der Waals surface area contributed by atoms with Crippen LogP contribution in [0.15, 0.2) is 36.5 Å². The first-order valence-electron chi connectivity index (χ1n) is 8.63. The summed E-state index contributed by atoms with van der Waals surface area (Å²) in [5.74, 6) is -0.162. The van der Waals surface area contributed by atoms with E-state index in [1.54, 1.807) is 49.2 Å². The van der Waals surface area contributed by atoms with Gasteiger partial charge < -0.3 is 20.8 Å². The maximum Gasteiger partial charge on any atom is 0.407 e. The van der Waals surface area contributed by atoms with E-state index in [4.69, 9.17) is 5.73 Å². The molecule has 8 nitrogen and oxygen atoms in total. The number of piperazine rings is 1. The Morgan fingerprint density at radius 2 is 1.70 bits per heavy atom. The van der Waals surface area contributed by atoms with Crippen LogP contribution in [-0.2, 0) is 0 Å². The molecule has 1 aromatic heterocycles. The van der Waals surface area contributed by atoms with Crippen molar-refractivity contribution >= 4 is 17.8 Å². The first-order valence-corrected chi connectivity index (χ1v) is 8.63. The van der Waals surface area contributed by atoms with Gasteiger partial charge in [0.05, 0.1) is 12.1 Å². The van der Waals surface area contributed by atoms with Crippen molar-refractivity contribution < 1.29 is 19.8 Å². The maximum atomic E-state index is 12.8. The third-order valence-electron chi connectivity index (χ3n) is 4.79. The number of nitrogens with two attached hydrogens (primary N) is 1. The number of carbonyl (C=O) groups is 2. The minimum Gasteiger partial charge on any atom is -0.504 e. The van der Waals surface area contributed by atoms with E-state index in [9.17, 15) is 19.8 Å². The number of hydrogen-bond donors (Lipinski definition) is 3. The topological polar surface area (TPSA) is 120 Å². The van der Waals surface area contributed by atoms with Crippen molar-refractivity contribution in [3.05, 3.63) is 42.1 Å². The Morgan fingerprint density at radius 3 is 2.22 bits per heavy atom. The summed E-state index contributed by atoms with van der Waals surface area (Å²) >= 11 is 0. The molecule has 8 heteroatoms. The van der Waals surface area contributed by atoms with Crippen molar-refractivity contribution in [2.45, 2.75) is 25.9 Å². The smallest absolute Gasteiger partial charge is 0.407 e. The lowest BCUT2D eigenvalue weighted by atomic mass is 10.0. The fourth-order valence-electron chi connectivity index (χ4n) is 3.48. The van der Waals surface area contributed by atoms with Gasteiger partial charge in [0.15, 0.2) is 11.6 Å². The molecule has 2 aromatic rings. The summed E-state index contributed by atoms with van der Waals surface area (Å²) in [6.45, 7) is 4.31. The predicted octanol–water partition coefficient (Wildman–Crippen LogP) is 2.25. The lowest BCUT2D eigenvalue weighted by molar-refractivity contribution is 0.0326. The molecule has 1 fully saturated rings. The molecule has 0 bridgehead atoms. The monoisotopic (exact) mass is 370 g/mol. The highest BCUT2D eigenvalue weighted by molar-refractivity contribution is 5.95. The molecule has 0 radical (unpaired) electrons. The SMILES string of the molecule is C[C@@H]1CN(C(=O)c2ccc(-c3cnc(N)c(O)c3)cc2)C[C@H](C)N1C(=O)O. The van der Waals surface area contributed by atoms with E-state index in [0.29, 0.717) is 24.2 Å². The molecule has 1 aliphatic rings. The van der Waals surface area contributed by atoms with E-state index in [1.165, 1.54) is 11.0 Å². The van der Waals surface area contributed by atoms with E-state index in [0.717, 1.165) is 5.56 Å². The van der Waals surface area contributed by atoms with Gasteiger partial charge in [0, 0.05) is 30.4 Å². The molecule has 2 heterocycles. The van der Waals surface area contributed by atoms with Crippen LogP contribution in [0.5, 0.6) is 5.75 Å². The molecule has 0 saturated carbocycles. The Hall–Kier alpha value is -3.29. The van der Waals surface area contributed by atoms with Crippen LogP contribution in [0.1, 0.15) is 24.2 Å². The van der Waals surface area contributed by atoms with Crippen molar-refractivity contribution in [1.29, 1.82) is 0 Å². The summed E-state index contributed by atoms with van der Waals surface area (Å²) in [5.41, 5.74) is 7.53. The van der Waals surface area contributed by atoms with Crippen LogP contribution in [0, 0.1) is 0 Å². The lowest BCUT2D eigenvalue weighted by Crippen LogP contribution is -2.59. The van der Waals surface area contributed by atoms with E-state index in [2.05, 4.69) is 4.98 Å². The van der Waals surface area contributed by atoms with E-state index < -0.39 is 6.09 Å². The summed E-state index contributed by atoms with van der Waals surface area (Å²) in [6.07, 6.45) is 0.590. The molecule has 0 aliphatic carbocycles. The standard InChI is InChI=1S/C19H22N4O4/c1-11-9-22(10-12(2)23(11)19(26)27)18(25)14-5-3-13(4-6-14)15-7-16(24)17(20)21-8-15/h3-8,11-12,24H,9-10H2,1-2H3,(H2,20,21)(H,26,27)/t11-,12+. The number of amides is 2. The van der Waals surface area contributed by atoms with Crippen molar-refractivity contribution in [2.75, 3.05) is 18.8 Å². The first kappa shape index (κ1) is 18.5. The van der Waals surface area contributed by atoms with Gasteiger partial charge in [0.1, 0.15) is 0 Å². The highest BCUT2D eigenvalue weighted by Crippen LogP contribution is 2.26. The maximum absolute atomic E-state index is 12.8. The number of carboxylic acid groups (broad SMARTS) is 1. The number of nitrogens with zero attached hydrogens (tertiary/aromatic N) is 3. The van der Waals surface area contributed by atoms with Crippen molar-refractivity contribution in [2.24, 2.45) is 0 Å². The minimum atomic E-state index is -0.966. The number of hydrogen-bond acceptors (Lipinski definition) is 5. The molecule has 0 unspecified atom stereocenters. The fourth-order valence-corrected chi connectivity index (χ4v) is 3.48. The molecular weight excluding hydrogens is 348 g/mol. The van der Waals surface area contributed by atoms with Crippen LogP contribution in [0.4, 0.5) is 10.6 Å². The second kappa shape index (κ2) is 7.14. The minimum absolute atomic E-state index is 0.0642. The highest BCUT2D eigenvalue weighted by Gasteiger charge is 2.34. The van der Waals surface area contributed by atoms with Gasteiger partial charge in [-0.15, -0.1) is 0 Å². The summed E-state index contributed by atoms with van der Waals surface area (Å²) in [5, 5.41) is 19.0. The van der Waals surface area contributed by atoms with Gasteiger partial charge in [-0.25, -0.2) is 9.78 Å². The van der Waals surface area contributed by atoms with Gasteiger partial charge in [-0.05, 0) is 37.6 Å². The zero-order valence-corrected chi connectivity index (χ0v) is 15.2. The molecule has 2 amide bonds. The zero-order valence-electron chi connectivity index (χ0n) is 15.2. The summed E-state index contributed by atoms with van der Waals surface area (Å²) in [4.78, 5) is 31.1. The number of pyridine rings is 1. The third kappa shape index (κ3) is 3.64. The molecular formula is C19H22N4O4. The second-order valence-electron chi connectivity index (χ2n) is 6.80. The Bertz CT molecular complexity index is 857. The van der Waals surface area contributed by atoms with Crippen molar-refractivity contribution in [1.82, 2.24) is 14.8 Å². The number of rotatable bonds is 2. The average Bonchev–Trinajstić information content (AvgIpc) is 2.62. The van der Waals surface area contributed by atoms with E-state index >= 15 is 0 Å². The van der Waals surface area contributed by atoms with Gasteiger partial charge in [0.25, 0.3) is 5.91 Å². The molecule has 27 heavy (non-hydrogen) atoms. The number of nitrogen functional groups attached to an aromatic ring is 1. The van der Waals surface area contributed by atoms with Crippen LogP contribution in [0.25, 0.3) is 11.1 Å². The lowest BCUT2D eigenvalue weighted by Gasteiger charge is -2.42. The molecule has 142 valence electrons. The molecule has 2 atom stereocenters. The number of benzene rings is 1. The predicted molar refractivity (Wildman–Crippen MR) is 100 cm³/mol. The number of aromatic nitrogens is 1. The van der Waals surface area contributed by atoms with E-state index in [-0.39, 0.29) is 29.6 Å². The largest absolute Gasteiger partial charge is 0.504 e. The summed E-state index contributed by atoms with van der Waals surface area (Å²) < 4.78 is 0. The average molecular weight is 370 g/mol. The zero-order chi connectivity index (χ0) is 19.7. The van der Waals surface area contributed by atoms with Crippen LogP contribution < -0.4 is 5.73 Å². The fraction of sp³-hybridized carbons (Fsp3) is 0.316. The molecule has 1 saturated heterocycles. The van der Waals surface area contributed by atoms with Gasteiger partial charge >= 0.3 is 6.09 Å². The molecule has 1 aliphatic heterocycles.